The minimum Gasteiger partial charge on any atom is -0.484 e. The standard InChI is InChI=1S/C21H24N2O5/c24-19(13-27-17-7-5-15-6-8-21(26)28-18(15)10-17)22-11-14-9-20(25)23(12-14)16-3-1-2-4-16/h5-8,10,14,16H,1-4,9,11-13H2,(H,22,24). The summed E-state index contributed by atoms with van der Waals surface area (Å²) in [5.74, 6) is 0.592. The van der Waals surface area contributed by atoms with Crippen molar-refractivity contribution in [1.82, 2.24) is 10.2 Å². The van der Waals surface area contributed by atoms with Crippen LogP contribution in [0.3, 0.4) is 0 Å². The fourth-order valence-corrected chi connectivity index (χ4v) is 4.10. The average molecular weight is 384 g/mol. The van der Waals surface area contributed by atoms with Gasteiger partial charge in [0.25, 0.3) is 5.91 Å². The van der Waals surface area contributed by atoms with Crippen molar-refractivity contribution in [2.75, 3.05) is 19.7 Å². The van der Waals surface area contributed by atoms with Crippen molar-refractivity contribution in [1.29, 1.82) is 0 Å². The number of hydrogen-bond donors (Lipinski definition) is 1. The van der Waals surface area contributed by atoms with Crippen LogP contribution in [0.2, 0.25) is 0 Å². The van der Waals surface area contributed by atoms with Gasteiger partial charge in [-0.15, -0.1) is 0 Å². The van der Waals surface area contributed by atoms with E-state index in [1.807, 2.05) is 4.90 Å². The van der Waals surface area contributed by atoms with Crippen LogP contribution >= 0.6 is 0 Å². The van der Waals surface area contributed by atoms with Crippen molar-refractivity contribution < 1.29 is 18.7 Å². The third-order valence-electron chi connectivity index (χ3n) is 5.56. The first-order chi connectivity index (χ1) is 13.6. The minimum atomic E-state index is -0.430. The highest BCUT2D eigenvalue weighted by molar-refractivity contribution is 5.80. The van der Waals surface area contributed by atoms with Gasteiger partial charge in [-0.2, -0.15) is 0 Å². The third-order valence-corrected chi connectivity index (χ3v) is 5.56. The number of nitrogens with one attached hydrogen (secondary N) is 1. The maximum Gasteiger partial charge on any atom is 0.336 e. The molecule has 0 radical (unpaired) electrons. The second-order valence-electron chi connectivity index (χ2n) is 7.60. The first-order valence-electron chi connectivity index (χ1n) is 9.81. The van der Waals surface area contributed by atoms with Crippen LogP contribution in [0.25, 0.3) is 11.0 Å². The zero-order chi connectivity index (χ0) is 19.5. The molecule has 4 rings (SSSR count). The van der Waals surface area contributed by atoms with E-state index in [9.17, 15) is 14.4 Å². The number of nitrogens with zero attached hydrogens (tertiary/aromatic N) is 1. The molecule has 1 aliphatic heterocycles. The summed E-state index contributed by atoms with van der Waals surface area (Å²) in [7, 11) is 0. The molecule has 1 saturated carbocycles. The molecule has 1 N–H and O–H groups in total. The first kappa shape index (κ1) is 18.5. The van der Waals surface area contributed by atoms with Gasteiger partial charge < -0.3 is 19.4 Å². The van der Waals surface area contributed by atoms with Gasteiger partial charge in [-0.3, -0.25) is 9.59 Å². The lowest BCUT2D eigenvalue weighted by molar-refractivity contribution is -0.129. The van der Waals surface area contributed by atoms with E-state index >= 15 is 0 Å². The summed E-state index contributed by atoms with van der Waals surface area (Å²) < 4.78 is 10.6. The lowest BCUT2D eigenvalue weighted by Crippen LogP contribution is -2.36. The number of amides is 2. The van der Waals surface area contributed by atoms with Crippen LogP contribution in [0.1, 0.15) is 32.1 Å². The number of benzene rings is 1. The number of fused-ring (bicyclic) bond motifs is 1. The Morgan fingerprint density at radius 2 is 1.96 bits per heavy atom. The Labute approximate surface area is 162 Å². The average Bonchev–Trinajstić information content (AvgIpc) is 3.33. The second kappa shape index (κ2) is 8.04. The molecular weight excluding hydrogens is 360 g/mol. The van der Waals surface area contributed by atoms with Crippen LogP contribution in [0.5, 0.6) is 5.75 Å². The molecule has 1 aliphatic carbocycles. The fraction of sp³-hybridized carbons (Fsp3) is 0.476. The maximum atomic E-state index is 12.2. The van der Waals surface area contributed by atoms with Crippen molar-refractivity contribution in [2.24, 2.45) is 5.92 Å². The molecule has 148 valence electrons. The zero-order valence-electron chi connectivity index (χ0n) is 15.7. The lowest BCUT2D eigenvalue weighted by Gasteiger charge is -2.24. The van der Waals surface area contributed by atoms with Crippen LogP contribution in [0.15, 0.2) is 39.5 Å². The molecule has 1 saturated heterocycles. The monoisotopic (exact) mass is 384 g/mol. The molecule has 7 nitrogen and oxygen atoms in total. The van der Waals surface area contributed by atoms with Crippen LogP contribution in [-0.2, 0) is 9.59 Å². The number of hydrogen-bond acceptors (Lipinski definition) is 5. The van der Waals surface area contributed by atoms with Crippen LogP contribution in [0.4, 0.5) is 0 Å². The van der Waals surface area contributed by atoms with Crippen LogP contribution < -0.4 is 15.7 Å². The van der Waals surface area contributed by atoms with Crippen molar-refractivity contribution in [2.45, 2.75) is 38.1 Å². The van der Waals surface area contributed by atoms with Crippen LogP contribution in [0, 0.1) is 5.92 Å². The third kappa shape index (κ3) is 4.18. The van der Waals surface area contributed by atoms with E-state index in [1.54, 1.807) is 24.3 Å². The summed E-state index contributed by atoms with van der Waals surface area (Å²) in [6.45, 7) is 1.08. The topological polar surface area (TPSA) is 88.9 Å². The van der Waals surface area contributed by atoms with E-state index in [-0.39, 0.29) is 24.3 Å². The molecule has 1 unspecified atom stereocenters. The Morgan fingerprint density at radius 3 is 2.79 bits per heavy atom. The molecule has 2 heterocycles. The highest BCUT2D eigenvalue weighted by Gasteiger charge is 2.35. The number of carbonyl (C=O) groups is 2. The predicted octanol–water partition coefficient (Wildman–Crippen LogP) is 2.08. The molecule has 0 bridgehead atoms. The summed E-state index contributed by atoms with van der Waals surface area (Å²) in [6, 6.07) is 8.52. The van der Waals surface area contributed by atoms with E-state index in [4.69, 9.17) is 9.15 Å². The Bertz CT molecular complexity index is 932. The highest BCUT2D eigenvalue weighted by Crippen LogP contribution is 2.29. The van der Waals surface area contributed by atoms with Gasteiger partial charge in [-0.25, -0.2) is 4.79 Å². The van der Waals surface area contributed by atoms with Gasteiger partial charge in [0.05, 0.1) is 0 Å². The van der Waals surface area contributed by atoms with E-state index in [0.29, 0.717) is 30.3 Å². The van der Waals surface area contributed by atoms with E-state index < -0.39 is 5.63 Å². The van der Waals surface area contributed by atoms with Crippen LogP contribution in [-0.4, -0.2) is 42.5 Å². The molecule has 1 atom stereocenters. The Balaban J connectivity index is 1.25. The minimum absolute atomic E-state index is 0.129. The number of ether oxygens (including phenoxy) is 1. The van der Waals surface area contributed by atoms with Crippen molar-refractivity contribution in [3.8, 4) is 5.75 Å². The molecule has 0 spiro atoms. The zero-order valence-corrected chi connectivity index (χ0v) is 15.7. The normalized spacial score (nSPS) is 20.1. The predicted molar refractivity (Wildman–Crippen MR) is 103 cm³/mol. The summed E-state index contributed by atoms with van der Waals surface area (Å²) >= 11 is 0. The van der Waals surface area contributed by atoms with Crippen molar-refractivity contribution in [3.63, 3.8) is 0 Å². The highest BCUT2D eigenvalue weighted by atomic mass is 16.5. The van der Waals surface area contributed by atoms with Crippen molar-refractivity contribution in [3.05, 3.63) is 40.8 Å². The van der Waals surface area contributed by atoms with E-state index in [1.165, 1.54) is 18.9 Å². The number of carbonyl (C=O) groups excluding carboxylic acids is 2. The quantitative estimate of drug-likeness (QED) is 0.771. The molecule has 1 aromatic heterocycles. The SMILES string of the molecule is O=C(COc1ccc2ccc(=O)oc2c1)NCC1CC(=O)N(C2CCCC2)C1. The van der Waals surface area contributed by atoms with E-state index in [2.05, 4.69) is 5.32 Å². The Kier molecular flexibility index (Phi) is 5.32. The van der Waals surface area contributed by atoms with Crippen molar-refractivity contribution >= 4 is 22.8 Å². The smallest absolute Gasteiger partial charge is 0.336 e. The van der Waals surface area contributed by atoms with Gasteiger partial charge in [0.15, 0.2) is 6.61 Å². The van der Waals surface area contributed by atoms with Gasteiger partial charge in [0, 0.05) is 49.0 Å². The molecular formula is C21H24N2O5. The molecule has 2 aromatic rings. The van der Waals surface area contributed by atoms with Gasteiger partial charge >= 0.3 is 5.63 Å². The fourth-order valence-electron chi connectivity index (χ4n) is 4.10. The first-order valence-corrected chi connectivity index (χ1v) is 9.81. The summed E-state index contributed by atoms with van der Waals surface area (Å²) in [5, 5.41) is 3.64. The number of rotatable bonds is 6. The Hall–Kier alpha value is -2.83. The molecule has 2 amide bonds. The van der Waals surface area contributed by atoms with E-state index in [0.717, 1.165) is 24.8 Å². The largest absolute Gasteiger partial charge is 0.484 e. The molecule has 28 heavy (non-hydrogen) atoms. The van der Waals surface area contributed by atoms with Gasteiger partial charge in [0.1, 0.15) is 11.3 Å². The summed E-state index contributed by atoms with van der Waals surface area (Å²) in [4.78, 5) is 37.6. The van der Waals surface area contributed by atoms with Gasteiger partial charge in [0.2, 0.25) is 5.91 Å². The molecule has 2 fully saturated rings. The summed E-state index contributed by atoms with van der Waals surface area (Å²) in [6.07, 6.45) is 5.10. The number of likely N-dealkylation sites (tertiary alicyclic amines) is 1. The lowest BCUT2D eigenvalue weighted by atomic mass is 10.1. The molecule has 7 heteroatoms. The van der Waals surface area contributed by atoms with Gasteiger partial charge in [-0.05, 0) is 31.0 Å². The molecule has 1 aromatic carbocycles. The second-order valence-corrected chi connectivity index (χ2v) is 7.60. The Morgan fingerprint density at radius 1 is 1.18 bits per heavy atom. The van der Waals surface area contributed by atoms with Gasteiger partial charge in [-0.1, -0.05) is 12.8 Å². The maximum absolute atomic E-state index is 12.2. The summed E-state index contributed by atoms with van der Waals surface area (Å²) in [5.41, 5.74) is -0.0120. The molecule has 2 aliphatic rings.